The smallest absolute Gasteiger partial charge is 0.329 e. The number of hydrogen-bond acceptors (Lipinski definition) is 9. The number of thioether (sulfide) groups is 1. The van der Waals surface area contributed by atoms with E-state index in [1.54, 1.807) is 6.92 Å². The average molecular weight is 560 g/mol. The molecule has 2 aromatic rings. The van der Waals surface area contributed by atoms with E-state index in [1.165, 1.54) is 51.4 Å². The Morgan fingerprint density at radius 2 is 1.72 bits per heavy atom. The lowest BCUT2D eigenvalue weighted by Gasteiger charge is -2.19. The summed E-state index contributed by atoms with van der Waals surface area (Å²) >= 11 is 13.6. The highest BCUT2D eigenvalue weighted by Gasteiger charge is 2.25. The Kier molecular flexibility index (Phi) is 11.4. The number of nitrogens with one attached hydrogen (secondary N) is 2. The first-order chi connectivity index (χ1) is 17.2. The van der Waals surface area contributed by atoms with Crippen LogP contribution in [0.25, 0.3) is 0 Å². The highest BCUT2D eigenvalue weighted by Crippen LogP contribution is 2.38. The molecule has 1 atom stereocenters. The molecule has 0 bridgehead atoms. The highest BCUT2D eigenvalue weighted by atomic mass is 35.5. The van der Waals surface area contributed by atoms with Crippen molar-refractivity contribution >= 4 is 58.6 Å². The zero-order chi connectivity index (χ0) is 26.8. The van der Waals surface area contributed by atoms with Crippen LogP contribution in [0.1, 0.15) is 22.3 Å². The summed E-state index contributed by atoms with van der Waals surface area (Å²) in [6.45, 7) is 1.07. The molecule has 0 aliphatic carbocycles. The molecule has 0 saturated carbocycles. The molecule has 36 heavy (non-hydrogen) atoms. The van der Waals surface area contributed by atoms with Gasteiger partial charge < -0.3 is 29.6 Å². The van der Waals surface area contributed by atoms with E-state index in [0.717, 1.165) is 0 Å². The predicted molar refractivity (Wildman–Crippen MR) is 139 cm³/mol. The van der Waals surface area contributed by atoms with Gasteiger partial charge >= 0.3 is 5.97 Å². The standard InChI is InChI=1S/C23H27Cl2N3O7S/c1-12-14(24)10-26-21(19(12)25)28-18(29)11-35-23(31)15(6-7-36-5)27-22(30)13-8-16(32-2)20(34-4)17(9-13)33-3/h8-10,15H,6-7,11H2,1-5H3,(H,27,30)(H,26,28,29)/t15-/m0/s1. The van der Waals surface area contributed by atoms with Gasteiger partial charge in [0, 0.05) is 11.8 Å². The van der Waals surface area contributed by atoms with Crippen molar-refractivity contribution in [1.29, 1.82) is 0 Å². The Labute approximate surface area is 223 Å². The van der Waals surface area contributed by atoms with Gasteiger partial charge in [-0.15, -0.1) is 0 Å². The maximum atomic E-state index is 12.9. The molecule has 0 saturated heterocycles. The molecule has 10 nitrogen and oxygen atoms in total. The van der Waals surface area contributed by atoms with Crippen LogP contribution in [0.2, 0.25) is 10.0 Å². The lowest BCUT2D eigenvalue weighted by Crippen LogP contribution is -2.43. The summed E-state index contributed by atoms with van der Waals surface area (Å²) in [5, 5.41) is 5.64. The minimum atomic E-state index is -1.00. The van der Waals surface area contributed by atoms with Crippen molar-refractivity contribution in [1.82, 2.24) is 10.3 Å². The van der Waals surface area contributed by atoms with Crippen molar-refractivity contribution in [3.05, 3.63) is 39.5 Å². The Bertz CT molecular complexity index is 1090. The van der Waals surface area contributed by atoms with Crippen molar-refractivity contribution < 1.29 is 33.3 Å². The summed E-state index contributed by atoms with van der Waals surface area (Å²) in [6, 6.07) is 1.93. The number of pyridine rings is 1. The normalized spacial score (nSPS) is 11.3. The first-order valence-corrected chi connectivity index (χ1v) is 12.7. The number of hydrogen-bond donors (Lipinski definition) is 2. The molecule has 0 aliphatic heterocycles. The molecule has 196 valence electrons. The highest BCUT2D eigenvalue weighted by molar-refractivity contribution is 7.98. The minimum absolute atomic E-state index is 0.0919. The number of carbonyl (C=O) groups is 3. The number of ether oxygens (including phenoxy) is 4. The van der Waals surface area contributed by atoms with Gasteiger partial charge in [0.05, 0.1) is 31.4 Å². The fraction of sp³-hybridized carbons (Fsp3) is 0.391. The van der Waals surface area contributed by atoms with Crippen LogP contribution in [0.15, 0.2) is 18.3 Å². The molecule has 1 aromatic heterocycles. The molecule has 0 spiro atoms. The second kappa shape index (κ2) is 14.0. The third kappa shape index (κ3) is 7.55. The number of nitrogens with zero attached hydrogens (tertiary/aromatic N) is 1. The van der Waals surface area contributed by atoms with Gasteiger partial charge in [0.1, 0.15) is 6.04 Å². The molecule has 2 rings (SSSR count). The van der Waals surface area contributed by atoms with Crippen LogP contribution in [0.4, 0.5) is 5.82 Å². The van der Waals surface area contributed by atoms with Gasteiger partial charge in [-0.05, 0) is 43.0 Å². The molecule has 13 heteroatoms. The zero-order valence-corrected chi connectivity index (χ0v) is 22.7. The van der Waals surface area contributed by atoms with Crippen molar-refractivity contribution in [2.75, 3.05) is 45.3 Å². The van der Waals surface area contributed by atoms with E-state index in [4.69, 9.17) is 42.1 Å². The van der Waals surface area contributed by atoms with Gasteiger partial charge in [0.2, 0.25) is 5.75 Å². The molecule has 0 fully saturated rings. The second-order valence-corrected chi connectivity index (χ2v) is 9.04. The Morgan fingerprint density at radius 1 is 1.08 bits per heavy atom. The number of rotatable bonds is 12. The predicted octanol–water partition coefficient (Wildman–Crippen LogP) is 3.76. The molecule has 1 heterocycles. The van der Waals surface area contributed by atoms with Gasteiger partial charge in [0.15, 0.2) is 23.9 Å². The quantitative estimate of drug-likeness (QED) is 0.374. The molecule has 0 unspecified atom stereocenters. The molecular formula is C23H27Cl2N3O7S. The van der Waals surface area contributed by atoms with Crippen molar-refractivity contribution in [2.45, 2.75) is 19.4 Å². The van der Waals surface area contributed by atoms with E-state index in [-0.39, 0.29) is 34.3 Å². The van der Waals surface area contributed by atoms with Crippen LogP contribution in [0, 0.1) is 6.92 Å². The first-order valence-electron chi connectivity index (χ1n) is 10.5. The number of aromatic nitrogens is 1. The molecule has 0 aliphatic rings. The molecule has 2 amide bonds. The summed E-state index contributed by atoms with van der Waals surface area (Å²) in [5.41, 5.74) is 0.732. The maximum Gasteiger partial charge on any atom is 0.329 e. The second-order valence-electron chi connectivity index (χ2n) is 7.27. The van der Waals surface area contributed by atoms with Crippen LogP contribution in [0.3, 0.4) is 0 Å². The van der Waals surface area contributed by atoms with Crippen LogP contribution in [-0.4, -0.2) is 68.8 Å². The SMILES string of the molecule is COc1cc(C(=O)N[C@@H](CCSC)C(=O)OCC(=O)Nc2ncc(Cl)c(C)c2Cl)cc(OC)c1OC. The average Bonchev–Trinajstić information content (AvgIpc) is 2.88. The van der Waals surface area contributed by atoms with Crippen LogP contribution < -0.4 is 24.8 Å². The first kappa shape index (κ1) is 29.3. The molecular weight excluding hydrogens is 533 g/mol. The maximum absolute atomic E-state index is 12.9. The lowest BCUT2D eigenvalue weighted by molar-refractivity contribution is -0.149. The lowest BCUT2D eigenvalue weighted by atomic mass is 10.1. The largest absolute Gasteiger partial charge is 0.493 e. The number of benzene rings is 1. The van der Waals surface area contributed by atoms with Crippen molar-refractivity contribution in [3.8, 4) is 17.2 Å². The van der Waals surface area contributed by atoms with Crippen LogP contribution in [0.5, 0.6) is 17.2 Å². The zero-order valence-electron chi connectivity index (χ0n) is 20.4. The summed E-state index contributed by atoms with van der Waals surface area (Å²) in [6.07, 6.45) is 3.49. The monoisotopic (exact) mass is 559 g/mol. The Balaban J connectivity index is 2.09. The number of halogens is 2. The summed E-state index contributed by atoms with van der Waals surface area (Å²) in [7, 11) is 4.30. The topological polar surface area (TPSA) is 125 Å². The Hall–Kier alpha value is -2.89. The van der Waals surface area contributed by atoms with E-state index in [2.05, 4.69) is 15.6 Å². The van der Waals surface area contributed by atoms with E-state index < -0.39 is 30.4 Å². The van der Waals surface area contributed by atoms with E-state index >= 15 is 0 Å². The van der Waals surface area contributed by atoms with Crippen LogP contribution >= 0.6 is 35.0 Å². The third-order valence-corrected chi connectivity index (χ3v) is 6.42. The number of methoxy groups -OCH3 is 3. The molecule has 1 aromatic carbocycles. The summed E-state index contributed by atoms with van der Waals surface area (Å²) in [5.74, 6) is -0.441. The van der Waals surface area contributed by atoms with Gasteiger partial charge in [-0.2, -0.15) is 11.8 Å². The fourth-order valence-electron chi connectivity index (χ4n) is 2.99. The summed E-state index contributed by atoms with van der Waals surface area (Å²) in [4.78, 5) is 41.9. The van der Waals surface area contributed by atoms with Gasteiger partial charge in [-0.3, -0.25) is 9.59 Å². The van der Waals surface area contributed by atoms with Crippen molar-refractivity contribution in [3.63, 3.8) is 0 Å². The van der Waals surface area contributed by atoms with Gasteiger partial charge in [0.25, 0.3) is 11.8 Å². The molecule has 2 N–H and O–H groups in total. The number of carbonyl (C=O) groups excluding carboxylic acids is 3. The minimum Gasteiger partial charge on any atom is -0.493 e. The number of anilines is 1. The van der Waals surface area contributed by atoms with Crippen LogP contribution in [-0.2, 0) is 14.3 Å². The van der Waals surface area contributed by atoms with E-state index in [1.807, 2.05) is 6.26 Å². The van der Waals surface area contributed by atoms with Gasteiger partial charge in [-0.25, -0.2) is 9.78 Å². The van der Waals surface area contributed by atoms with E-state index in [0.29, 0.717) is 22.1 Å². The van der Waals surface area contributed by atoms with Crippen molar-refractivity contribution in [2.24, 2.45) is 0 Å². The van der Waals surface area contributed by atoms with E-state index in [9.17, 15) is 14.4 Å². The Morgan fingerprint density at radius 3 is 2.28 bits per heavy atom. The van der Waals surface area contributed by atoms with Gasteiger partial charge in [-0.1, -0.05) is 23.2 Å². The number of amides is 2. The summed E-state index contributed by atoms with van der Waals surface area (Å²) < 4.78 is 21.0. The molecule has 0 radical (unpaired) electrons. The third-order valence-electron chi connectivity index (χ3n) is 4.93. The number of esters is 1. The fourth-order valence-corrected chi connectivity index (χ4v) is 3.85.